The van der Waals surface area contributed by atoms with Crippen molar-refractivity contribution in [3.8, 4) is 0 Å². The number of likely N-dealkylation sites (tertiary alicyclic amines) is 1. The summed E-state index contributed by atoms with van der Waals surface area (Å²) in [5.41, 5.74) is 3.33. The zero-order chi connectivity index (χ0) is 17.4. The fourth-order valence-corrected chi connectivity index (χ4v) is 3.72. The summed E-state index contributed by atoms with van der Waals surface area (Å²) < 4.78 is 6.96. The molecule has 0 spiro atoms. The van der Waals surface area contributed by atoms with Gasteiger partial charge >= 0.3 is 0 Å². The van der Waals surface area contributed by atoms with Crippen molar-refractivity contribution in [1.29, 1.82) is 0 Å². The van der Waals surface area contributed by atoms with E-state index in [0.29, 0.717) is 11.8 Å². The van der Waals surface area contributed by atoms with Crippen molar-refractivity contribution in [2.45, 2.75) is 58.5 Å². The second-order valence-corrected chi connectivity index (χ2v) is 7.58. The maximum atomic E-state index is 12.1. The molecule has 0 amide bonds. The van der Waals surface area contributed by atoms with Gasteiger partial charge in [0.05, 0.1) is 11.4 Å². The third-order valence-electron chi connectivity index (χ3n) is 5.58. The van der Waals surface area contributed by atoms with Crippen LogP contribution < -0.4 is 5.56 Å². The number of nitrogens with zero attached hydrogens (tertiary/aromatic N) is 4. The van der Waals surface area contributed by atoms with Crippen LogP contribution in [0.5, 0.6) is 0 Å². The Balaban J connectivity index is 1.35. The molecule has 1 aliphatic carbocycles. The van der Waals surface area contributed by atoms with Crippen LogP contribution >= 0.6 is 0 Å². The van der Waals surface area contributed by atoms with Crippen LogP contribution in [0.4, 0.5) is 0 Å². The normalized spacial score (nSPS) is 19.4. The minimum atomic E-state index is 0.0301. The number of aryl methyl sites for hydroxylation is 2. The molecule has 2 aromatic heterocycles. The molecule has 2 fully saturated rings. The highest BCUT2D eigenvalue weighted by atomic mass is 16.5. The third kappa shape index (κ3) is 3.68. The van der Waals surface area contributed by atoms with Crippen molar-refractivity contribution in [1.82, 2.24) is 19.8 Å². The summed E-state index contributed by atoms with van der Waals surface area (Å²) in [7, 11) is 0. The van der Waals surface area contributed by atoms with Gasteiger partial charge in [-0.3, -0.25) is 9.69 Å². The summed E-state index contributed by atoms with van der Waals surface area (Å²) in [6.07, 6.45) is 4.63. The lowest BCUT2D eigenvalue weighted by molar-refractivity contribution is 0.162. The van der Waals surface area contributed by atoms with E-state index in [2.05, 4.69) is 15.2 Å². The van der Waals surface area contributed by atoms with Crippen molar-refractivity contribution in [3.05, 3.63) is 45.2 Å². The molecular formula is C19H26N4O2. The molecule has 6 nitrogen and oxygen atoms in total. The number of piperidine rings is 1. The van der Waals surface area contributed by atoms with Crippen molar-refractivity contribution in [2.24, 2.45) is 5.92 Å². The molecule has 0 atom stereocenters. The van der Waals surface area contributed by atoms with Gasteiger partial charge < -0.3 is 4.52 Å². The van der Waals surface area contributed by atoms with E-state index >= 15 is 0 Å². The molecular weight excluding hydrogens is 316 g/mol. The molecule has 0 radical (unpaired) electrons. The zero-order valence-electron chi connectivity index (χ0n) is 15.1. The predicted molar refractivity (Wildman–Crippen MR) is 94.5 cm³/mol. The van der Waals surface area contributed by atoms with Gasteiger partial charge in [0.1, 0.15) is 5.76 Å². The Hall–Kier alpha value is -1.95. The highest BCUT2D eigenvalue weighted by Crippen LogP contribution is 2.38. The largest absolute Gasteiger partial charge is 0.361 e. The average Bonchev–Trinajstić information content (AvgIpc) is 3.41. The lowest BCUT2D eigenvalue weighted by Gasteiger charge is -2.31. The van der Waals surface area contributed by atoms with Gasteiger partial charge in [0.2, 0.25) is 0 Å². The summed E-state index contributed by atoms with van der Waals surface area (Å²) in [6.45, 7) is 7.73. The number of hydrogen-bond donors (Lipinski definition) is 0. The summed E-state index contributed by atoms with van der Waals surface area (Å²) in [6, 6.07) is 3.59. The molecule has 134 valence electrons. The molecule has 0 bridgehead atoms. The number of aromatic nitrogens is 3. The van der Waals surface area contributed by atoms with Crippen molar-refractivity contribution in [2.75, 3.05) is 13.1 Å². The molecule has 2 aliphatic rings. The van der Waals surface area contributed by atoms with Crippen LogP contribution in [-0.2, 0) is 13.1 Å². The first-order valence-electron chi connectivity index (χ1n) is 9.32. The van der Waals surface area contributed by atoms with E-state index in [-0.39, 0.29) is 5.56 Å². The number of rotatable bonds is 5. The standard InChI is InChI=1S/C19H26N4O2/c1-13-17(14(2)25-21-13)12-22-9-7-15(8-10-22)11-23-19(24)6-5-18(20-23)16-3-4-16/h5-6,15-16H,3-4,7-12H2,1-2H3. The van der Waals surface area contributed by atoms with Crippen LogP contribution in [0.1, 0.15) is 54.3 Å². The van der Waals surface area contributed by atoms with Crippen molar-refractivity contribution >= 4 is 0 Å². The zero-order valence-corrected chi connectivity index (χ0v) is 15.1. The van der Waals surface area contributed by atoms with Gasteiger partial charge in [-0.2, -0.15) is 5.10 Å². The molecule has 1 aliphatic heterocycles. The monoisotopic (exact) mass is 342 g/mol. The van der Waals surface area contributed by atoms with Crippen LogP contribution in [0.3, 0.4) is 0 Å². The summed E-state index contributed by atoms with van der Waals surface area (Å²) in [4.78, 5) is 14.6. The molecule has 6 heteroatoms. The Labute approximate surface area is 147 Å². The van der Waals surface area contributed by atoms with Gasteiger partial charge in [-0.05, 0) is 64.6 Å². The van der Waals surface area contributed by atoms with E-state index < -0.39 is 0 Å². The van der Waals surface area contributed by atoms with E-state index in [1.807, 2.05) is 19.9 Å². The quantitative estimate of drug-likeness (QED) is 0.836. The van der Waals surface area contributed by atoms with Gasteiger partial charge in [0, 0.05) is 30.6 Å². The molecule has 0 unspecified atom stereocenters. The highest BCUT2D eigenvalue weighted by Gasteiger charge is 2.26. The smallest absolute Gasteiger partial charge is 0.266 e. The second-order valence-electron chi connectivity index (χ2n) is 7.58. The maximum Gasteiger partial charge on any atom is 0.266 e. The van der Waals surface area contributed by atoms with Gasteiger partial charge in [-0.25, -0.2) is 4.68 Å². The van der Waals surface area contributed by atoms with Gasteiger partial charge in [0.15, 0.2) is 0 Å². The molecule has 1 saturated heterocycles. The van der Waals surface area contributed by atoms with E-state index in [4.69, 9.17) is 4.52 Å². The SMILES string of the molecule is Cc1noc(C)c1CN1CCC(Cn2nc(C3CC3)ccc2=O)CC1. The van der Waals surface area contributed by atoms with Gasteiger partial charge in [-0.1, -0.05) is 5.16 Å². The minimum Gasteiger partial charge on any atom is -0.361 e. The first-order valence-corrected chi connectivity index (χ1v) is 9.32. The molecule has 25 heavy (non-hydrogen) atoms. The van der Waals surface area contributed by atoms with Crippen molar-refractivity contribution < 1.29 is 4.52 Å². The Bertz CT molecular complexity index is 778. The van der Waals surface area contributed by atoms with E-state index in [0.717, 1.165) is 56.2 Å². The lowest BCUT2D eigenvalue weighted by atomic mass is 9.96. The van der Waals surface area contributed by atoms with Crippen LogP contribution in [0.15, 0.2) is 21.5 Å². The van der Waals surface area contributed by atoms with Crippen LogP contribution in [0.2, 0.25) is 0 Å². The first kappa shape index (κ1) is 16.5. The predicted octanol–water partition coefficient (Wildman–Crippen LogP) is 2.64. The second kappa shape index (κ2) is 6.75. The Morgan fingerprint density at radius 2 is 1.92 bits per heavy atom. The van der Waals surface area contributed by atoms with Crippen LogP contribution in [0, 0.1) is 19.8 Å². The van der Waals surface area contributed by atoms with Crippen molar-refractivity contribution in [3.63, 3.8) is 0 Å². The fraction of sp³-hybridized carbons (Fsp3) is 0.632. The first-order chi connectivity index (χ1) is 12.1. The molecule has 0 aromatic carbocycles. The molecule has 0 N–H and O–H groups in total. The lowest BCUT2D eigenvalue weighted by Crippen LogP contribution is -2.36. The van der Waals surface area contributed by atoms with Crippen LogP contribution in [0.25, 0.3) is 0 Å². The average molecular weight is 342 g/mol. The maximum absolute atomic E-state index is 12.1. The third-order valence-corrected chi connectivity index (χ3v) is 5.58. The number of hydrogen-bond acceptors (Lipinski definition) is 5. The summed E-state index contributed by atoms with van der Waals surface area (Å²) >= 11 is 0. The fourth-order valence-electron chi connectivity index (χ4n) is 3.72. The van der Waals surface area contributed by atoms with E-state index in [9.17, 15) is 4.79 Å². The van der Waals surface area contributed by atoms with Crippen LogP contribution in [-0.4, -0.2) is 32.9 Å². The van der Waals surface area contributed by atoms with E-state index in [1.165, 1.54) is 18.4 Å². The highest BCUT2D eigenvalue weighted by molar-refractivity contribution is 5.20. The Morgan fingerprint density at radius 3 is 2.56 bits per heavy atom. The molecule has 3 heterocycles. The Kier molecular flexibility index (Phi) is 4.46. The van der Waals surface area contributed by atoms with Gasteiger partial charge in [0.25, 0.3) is 5.56 Å². The minimum absolute atomic E-state index is 0.0301. The molecule has 2 aromatic rings. The Morgan fingerprint density at radius 1 is 1.16 bits per heavy atom. The molecule has 1 saturated carbocycles. The topological polar surface area (TPSA) is 64.2 Å². The summed E-state index contributed by atoms with van der Waals surface area (Å²) in [5.74, 6) is 2.04. The van der Waals surface area contributed by atoms with Gasteiger partial charge in [-0.15, -0.1) is 0 Å². The van der Waals surface area contributed by atoms with E-state index in [1.54, 1.807) is 10.7 Å². The molecule has 4 rings (SSSR count). The summed E-state index contributed by atoms with van der Waals surface area (Å²) in [5, 5.41) is 8.64.